The molecule has 0 unspecified atom stereocenters. The Morgan fingerprint density at radius 2 is 2.05 bits per heavy atom. The van der Waals surface area contributed by atoms with E-state index in [9.17, 15) is 9.59 Å². The van der Waals surface area contributed by atoms with Crippen LogP contribution in [0.15, 0.2) is 36.7 Å². The van der Waals surface area contributed by atoms with Gasteiger partial charge in [0.1, 0.15) is 10.8 Å². The lowest BCUT2D eigenvalue weighted by Crippen LogP contribution is -2.22. The number of carbonyl (C=O) groups is 2. The van der Waals surface area contributed by atoms with E-state index >= 15 is 0 Å². The molecule has 0 saturated carbocycles. The second-order valence-electron chi connectivity index (χ2n) is 4.12. The molecule has 0 atom stereocenters. The minimum atomic E-state index is -0.446. The predicted octanol–water partition coefficient (Wildman–Crippen LogP) is 2.13. The van der Waals surface area contributed by atoms with Crippen molar-refractivity contribution in [2.75, 3.05) is 11.9 Å². The Labute approximate surface area is 126 Å². The Balaban J connectivity index is 2.14. The van der Waals surface area contributed by atoms with Gasteiger partial charge in [-0.1, -0.05) is 17.7 Å². The maximum absolute atomic E-state index is 12.0. The lowest BCUT2D eigenvalue weighted by atomic mass is 10.2. The topological polar surface area (TPSA) is 84.0 Å². The molecule has 1 heterocycles. The molecule has 0 radical (unpaired) electrons. The predicted molar refractivity (Wildman–Crippen MR) is 79.4 cm³/mol. The first-order valence-corrected chi connectivity index (χ1v) is 6.65. The van der Waals surface area contributed by atoms with Gasteiger partial charge in [0.2, 0.25) is 0 Å². The summed E-state index contributed by atoms with van der Waals surface area (Å²) in [6.07, 6.45) is 2.66. The van der Waals surface area contributed by atoms with E-state index in [0.717, 1.165) is 0 Å². The number of anilines is 1. The number of rotatable bonds is 4. The maximum Gasteiger partial charge on any atom is 0.275 e. The standard InChI is InChI=1S/C14H13ClN4O2/c1-2-17-13(20)9-4-3-5-10(6-9)18-14(21)11-7-16-8-12(15)19-11/h3-8H,2H2,1H3,(H,17,20)(H,18,21). The Morgan fingerprint density at radius 1 is 1.24 bits per heavy atom. The number of aromatic nitrogens is 2. The third-order valence-corrected chi connectivity index (χ3v) is 2.74. The number of carbonyl (C=O) groups excluding carboxylic acids is 2. The van der Waals surface area contributed by atoms with Crippen LogP contribution in [-0.4, -0.2) is 28.3 Å². The fraction of sp³-hybridized carbons (Fsp3) is 0.143. The first-order valence-electron chi connectivity index (χ1n) is 6.27. The minimum absolute atomic E-state index is 0.103. The van der Waals surface area contributed by atoms with Crippen molar-refractivity contribution in [2.24, 2.45) is 0 Å². The summed E-state index contributed by atoms with van der Waals surface area (Å²) in [5.41, 5.74) is 1.06. The molecule has 21 heavy (non-hydrogen) atoms. The number of halogens is 1. The second kappa shape index (κ2) is 6.81. The van der Waals surface area contributed by atoms with Crippen LogP contribution in [0.1, 0.15) is 27.8 Å². The van der Waals surface area contributed by atoms with E-state index in [0.29, 0.717) is 17.8 Å². The van der Waals surface area contributed by atoms with Gasteiger partial charge in [0.25, 0.3) is 11.8 Å². The molecule has 2 N–H and O–H groups in total. The molecule has 0 aliphatic heterocycles. The van der Waals surface area contributed by atoms with Crippen LogP contribution >= 0.6 is 11.6 Å². The molecular weight excluding hydrogens is 292 g/mol. The molecule has 1 aromatic carbocycles. The van der Waals surface area contributed by atoms with E-state index in [1.165, 1.54) is 12.4 Å². The highest BCUT2D eigenvalue weighted by atomic mass is 35.5. The van der Waals surface area contributed by atoms with Gasteiger partial charge in [0.15, 0.2) is 0 Å². The number of nitrogens with one attached hydrogen (secondary N) is 2. The average molecular weight is 305 g/mol. The molecule has 0 saturated heterocycles. The highest BCUT2D eigenvalue weighted by Crippen LogP contribution is 2.12. The summed E-state index contributed by atoms with van der Waals surface area (Å²) >= 11 is 5.69. The normalized spacial score (nSPS) is 10.0. The first-order chi connectivity index (χ1) is 10.1. The summed E-state index contributed by atoms with van der Waals surface area (Å²) in [5, 5.41) is 5.47. The largest absolute Gasteiger partial charge is 0.352 e. The molecule has 0 aliphatic rings. The zero-order valence-electron chi connectivity index (χ0n) is 11.3. The van der Waals surface area contributed by atoms with Crippen LogP contribution in [0.25, 0.3) is 0 Å². The Kier molecular flexibility index (Phi) is 4.84. The van der Waals surface area contributed by atoms with Crippen molar-refractivity contribution in [2.45, 2.75) is 6.92 Å². The Bertz CT molecular complexity index is 676. The lowest BCUT2D eigenvalue weighted by molar-refractivity contribution is 0.0954. The van der Waals surface area contributed by atoms with Crippen molar-refractivity contribution in [3.8, 4) is 0 Å². The van der Waals surface area contributed by atoms with Gasteiger partial charge in [0.05, 0.1) is 12.4 Å². The molecule has 0 spiro atoms. The number of hydrogen-bond donors (Lipinski definition) is 2. The summed E-state index contributed by atoms with van der Waals surface area (Å²) in [6.45, 7) is 2.37. The molecular formula is C14H13ClN4O2. The molecule has 6 nitrogen and oxygen atoms in total. The number of amides is 2. The molecule has 0 aliphatic carbocycles. The van der Waals surface area contributed by atoms with Crippen LogP contribution in [0.3, 0.4) is 0 Å². The van der Waals surface area contributed by atoms with Crippen molar-refractivity contribution >= 4 is 29.1 Å². The van der Waals surface area contributed by atoms with Crippen LogP contribution in [0.5, 0.6) is 0 Å². The van der Waals surface area contributed by atoms with Gasteiger partial charge in [0, 0.05) is 17.8 Å². The molecule has 0 fully saturated rings. The van der Waals surface area contributed by atoms with Crippen molar-refractivity contribution in [1.82, 2.24) is 15.3 Å². The summed E-state index contributed by atoms with van der Waals surface area (Å²) < 4.78 is 0. The molecule has 7 heteroatoms. The number of hydrogen-bond acceptors (Lipinski definition) is 4. The van der Waals surface area contributed by atoms with E-state index in [1.54, 1.807) is 24.3 Å². The van der Waals surface area contributed by atoms with Gasteiger partial charge in [-0.3, -0.25) is 14.6 Å². The van der Waals surface area contributed by atoms with E-state index in [4.69, 9.17) is 11.6 Å². The molecule has 2 amide bonds. The van der Waals surface area contributed by atoms with Crippen molar-refractivity contribution in [3.63, 3.8) is 0 Å². The van der Waals surface area contributed by atoms with Gasteiger partial charge >= 0.3 is 0 Å². The highest BCUT2D eigenvalue weighted by molar-refractivity contribution is 6.29. The van der Waals surface area contributed by atoms with Crippen molar-refractivity contribution < 1.29 is 9.59 Å². The Hall–Kier alpha value is -2.47. The fourth-order valence-corrected chi connectivity index (χ4v) is 1.79. The van der Waals surface area contributed by atoms with Gasteiger partial charge in [-0.05, 0) is 25.1 Å². The van der Waals surface area contributed by atoms with Crippen LogP contribution in [0.4, 0.5) is 5.69 Å². The molecule has 0 bridgehead atoms. The third-order valence-electron chi connectivity index (χ3n) is 2.56. The van der Waals surface area contributed by atoms with Crippen molar-refractivity contribution in [3.05, 3.63) is 53.1 Å². The smallest absolute Gasteiger partial charge is 0.275 e. The van der Waals surface area contributed by atoms with Crippen molar-refractivity contribution in [1.29, 1.82) is 0 Å². The number of nitrogens with zero attached hydrogens (tertiary/aromatic N) is 2. The first kappa shape index (κ1) is 14.9. The summed E-state index contributed by atoms with van der Waals surface area (Å²) in [7, 11) is 0. The minimum Gasteiger partial charge on any atom is -0.352 e. The molecule has 2 aromatic rings. The van der Waals surface area contributed by atoms with E-state index in [-0.39, 0.29) is 16.8 Å². The third kappa shape index (κ3) is 4.00. The van der Waals surface area contributed by atoms with Gasteiger partial charge in [-0.15, -0.1) is 0 Å². The van der Waals surface area contributed by atoms with Gasteiger partial charge in [-0.2, -0.15) is 0 Å². The molecule has 1 aromatic heterocycles. The lowest BCUT2D eigenvalue weighted by Gasteiger charge is -2.07. The van der Waals surface area contributed by atoms with E-state index < -0.39 is 5.91 Å². The van der Waals surface area contributed by atoms with Crippen LogP contribution in [0.2, 0.25) is 5.15 Å². The SMILES string of the molecule is CCNC(=O)c1cccc(NC(=O)c2cncc(Cl)n2)c1. The van der Waals surface area contributed by atoms with Gasteiger partial charge < -0.3 is 10.6 Å². The van der Waals surface area contributed by atoms with E-state index in [2.05, 4.69) is 20.6 Å². The number of benzene rings is 1. The van der Waals surface area contributed by atoms with Gasteiger partial charge in [-0.25, -0.2) is 4.98 Å². The maximum atomic E-state index is 12.0. The molecule has 2 rings (SSSR count). The van der Waals surface area contributed by atoms with Crippen LogP contribution in [-0.2, 0) is 0 Å². The fourth-order valence-electron chi connectivity index (χ4n) is 1.65. The average Bonchev–Trinajstić information content (AvgIpc) is 2.48. The van der Waals surface area contributed by atoms with Crippen LogP contribution in [0, 0.1) is 0 Å². The Morgan fingerprint density at radius 3 is 2.76 bits per heavy atom. The summed E-state index contributed by atoms with van der Waals surface area (Å²) in [4.78, 5) is 31.4. The summed E-state index contributed by atoms with van der Waals surface area (Å²) in [6, 6.07) is 6.61. The highest BCUT2D eigenvalue weighted by Gasteiger charge is 2.10. The van der Waals surface area contributed by atoms with Crippen LogP contribution < -0.4 is 10.6 Å². The second-order valence-corrected chi connectivity index (χ2v) is 4.51. The zero-order valence-corrected chi connectivity index (χ0v) is 12.0. The quantitative estimate of drug-likeness (QED) is 0.906. The zero-order chi connectivity index (χ0) is 15.2. The summed E-state index contributed by atoms with van der Waals surface area (Å²) in [5.74, 6) is -0.644. The van der Waals surface area contributed by atoms with E-state index in [1.807, 2.05) is 6.92 Å². The monoisotopic (exact) mass is 304 g/mol. The molecule has 108 valence electrons.